The van der Waals surface area contributed by atoms with E-state index in [1.54, 1.807) is 0 Å². The summed E-state index contributed by atoms with van der Waals surface area (Å²) >= 11 is 11.4. The lowest BCUT2D eigenvalue weighted by molar-refractivity contribution is 0.563. The molecule has 0 saturated heterocycles. The Kier molecular flexibility index (Phi) is 3.49. The van der Waals surface area contributed by atoms with Gasteiger partial charge in [-0.25, -0.2) is 8.78 Å². The third kappa shape index (κ3) is 1.80. The molecule has 0 nitrogen and oxygen atoms in total. The van der Waals surface area contributed by atoms with Crippen molar-refractivity contribution in [2.24, 2.45) is 0 Å². The molecule has 0 aliphatic heterocycles. The summed E-state index contributed by atoms with van der Waals surface area (Å²) in [5.74, 6) is -1.33. The molecule has 0 amide bonds. The number of hydrogen-bond donors (Lipinski definition) is 0. The number of hydrogen-bond acceptors (Lipinski definition) is 0. The van der Waals surface area contributed by atoms with Crippen LogP contribution in [-0.2, 0) is 5.33 Å². The topological polar surface area (TPSA) is 0 Å². The van der Waals surface area contributed by atoms with Crippen LogP contribution in [0.15, 0.2) is 10.5 Å². The molecule has 0 aliphatic rings. The highest BCUT2D eigenvalue weighted by Crippen LogP contribution is 2.29. The highest BCUT2D eigenvalue weighted by atomic mass is 79.9. The molecule has 1 aromatic rings. The maximum absolute atomic E-state index is 13.1. The third-order valence-electron chi connectivity index (χ3n) is 1.34. The Labute approximate surface area is 90.2 Å². The number of alkyl halides is 1. The van der Waals surface area contributed by atoms with Crippen LogP contribution in [0, 0.1) is 11.6 Å². The zero-order valence-electron chi connectivity index (χ0n) is 5.67. The molecule has 5 heteroatoms. The highest BCUT2D eigenvalue weighted by Gasteiger charge is 2.14. The van der Waals surface area contributed by atoms with Crippen molar-refractivity contribution in [3.63, 3.8) is 0 Å². The predicted molar refractivity (Wildman–Crippen MR) is 51.7 cm³/mol. The summed E-state index contributed by atoms with van der Waals surface area (Å²) in [5, 5.41) is 0.0156. The summed E-state index contributed by atoms with van der Waals surface area (Å²) in [5.41, 5.74) is -0.0608. The van der Waals surface area contributed by atoms with Gasteiger partial charge in [-0.3, -0.25) is 0 Å². The third-order valence-corrected chi connectivity index (χ3v) is 2.75. The second-order valence-electron chi connectivity index (χ2n) is 2.08. The molecule has 0 radical (unpaired) electrons. The number of rotatable bonds is 1. The first kappa shape index (κ1) is 10.4. The maximum atomic E-state index is 13.1. The summed E-state index contributed by atoms with van der Waals surface area (Å²) < 4.78 is 26.3. The molecule has 0 heterocycles. The van der Waals surface area contributed by atoms with Crippen LogP contribution in [0.4, 0.5) is 8.78 Å². The molecule has 0 saturated carbocycles. The highest BCUT2D eigenvalue weighted by molar-refractivity contribution is 9.10. The lowest BCUT2D eigenvalue weighted by Gasteiger charge is -2.04. The van der Waals surface area contributed by atoms with E-state index in [4.69, 9.17) is 11.6 Å². The van der Waals surface area contributed by atoms with Gasteiger partial charge in [-0.05, 0) is 22.0 Å². The lowest BCUT2D eigenvalue weighted by atomic mass is 10.2. The van der Waals surface area contributed by atoms with Crippen LogP contribution in [0.2, 0.25) is 5.02 Å². The van der Waals surface area contributed by atoms with Gasteiger partial charge in [-0.2, -0.15) is 0 Å². The zero-order valence-corrected chi connectivity index (χ0v) is 9.60. The minimum absolute atomic E-state index is 0.0608. The number of benzene rings is 1. The van der Waals surface area contributed by atoms with E-state index in [9.17, 15) is 8.78 Å². The molecular weight excluding hydrogens is 317 g/mol. The van der Waals surface area contributed by atoms with E-state index in [0.717, 1.165) is 0 Å². The van der Waals surface area contributed by atoms with E-state index in [-0.39, 0.29) is 20.4 Å². The molecule has 1 aromatic carbocycles. The Hall–Kier alpha value is 0.330. The van der Waals surface area contributed by atoms with Gasteiger partial charge < -0.3 is 0 Å². The van der Waals surface area contributed by atoms with Crippen molar-refractivity contribution in [3.8, 4) is 0 Å². The summed E-state index contributed by atoms with van der Waals surface area (Å²) in [4.78, 5) is 0. The van der Waals surface area contributed by atoms with Crippen LogP contribution in [0.25, 0.3) is 0 Å². The van der Waals surface area contributed by atoms with Crippen molar-refractivity contribution in [2.75, 3.05) is 0 Å². The van der Waals surface area contributed by atoms with Gasteiger partial charge in [-0.15, -0.1) is 0 Å². The van der Waals surface area contributed by atoms with E-state index in [1.807, 2.05) is 0 Å². The first-order valence-corrected chi connectivity index (χ1v) is 5.25. The molecule has 0 unspecified atom stereocenters. The Morgan fingerprint density at radius 3 is 2.42 bits per heavy atom. The van der Waals surface area contributed by atoms with Crippen molar-refractivity contribution in [1.29, 1.82) is 0 Å². The normalized spacial score (nSPS) is 10.4. The molecular formula is C7H3Br2ClF2. The first-order chi connectivity index (χ1) is 5.57. The van der Waals surface area contributed by atoms with Gasteiger partial charge in [-0.1, -0.05) is 27.5 Å². The molecule has 0 atom stereocenters. The van der Waals surface area contributed by atoms with Crippen LogP contribution >= 0.6 is 43.5 Å². The van der Waals surface area contributed by atoms with Crippen LogP contribution < -0.4 is 0 Å². The van der Waals surface area contributed by atoms with Crippen molar-refractivity contribution >= 4 is 43.5 Å². The summed E-state index contributed by atoms with van der Waals surface area (Å²) in [6.07, 6.45) is 0. The minimum atomic E-state index is -0.714. The Morgan fingerprint density at radius 1 is 1.33 bits per heavy atom. The van der Waals surface area contributed by atoms with Crippen LogP contribution in [0.3, 0.4) is 0 Å². The van der Waals surface area contributed by atoms with Gasteiger partial charge in [0.1, 0.15) is 11.6 Å². The fraction of sp³-hybridized carbons (Fsp3) is 0.143. The largest absolute Gasteiger partial charge is 0.205 e. The van der Waals surface area contributed by atoms with Crippen molar-refractivity contribution in [1.82, 2.24) is 0 Å². The van der Waals surface area contributed by atoms with E-state index in [1.165, 1.54) is 6.07 Å². The van der Waals surface area contributed by atoms with Crippen LogP contribution in [-0.4, -0.2) is 0 Å². The summed E-state index contributed by atoms with van der Waals surface area (Å²) in [7, 11) is 0. The number of halogens is 5. The Balaban J connectivity index is 3.42. The molecule has 12 heavy (non-hydrogen) atoms. The van der Waals surface area contributed by atoms with E-state index < -0.39 is 11.6 Å². The Morgan fingerprint density at radius 2 is 1.92 bits per heavy atom. The molecule has 0 aromatic heterocycles. The lowest BCUT2D eigenvalue weighted by Crippen LogP contribution is -1.94. The molecule has 0 spiro atoms. The second-order valence-corrected chi connectivity index (χ2v) is 3.90. The van der Waals surface area contributed by atoms with Crippen molar-refractivity contribution in [3.05, 3.63) is 32.8 Å². The molecule has 0 N–H and O–H groups in total. The maximum Gasteiger partial charge on any atom is 0.148 e. The standard InChI is InChI=1S/C7H3Br2ClF2/c8-2-3-6(11)4(9)1-5(10)7(3)12/h1H,2H2. The zero-order chi connectivity index (χ0) is 9.30. The smallest absolute Gasteiger partial charge is 0.148 e. The van der Waals surface area contributed by atoms with Crippen molar-refractivity contribution in [2.45, 2.75) is 5.33 Å². The molecule has 1 rings (SSSR count). The molecule has 66 valence electrons. The van der Waals surface area contributed by atoms with Gasteiger partial charge in [0.2, 0.25) is 0 Å². The van der Waals surface area contributed by atoms with Crippen LogP contribution in [0.5, 0.6) is 0 Å². The fourth-order valence-corrected chi connectivity index (χ4v) is 2.06. The average molecular weight is 320 g/mol. The van der Waals surface area contributed by atoms with Gasteiger partial charge in [0.25, 0.3) is 0 Å². The van der Waals surface area contributed by atoms with Gasteiger partial charge >= 0.3 is 0 Å². The van der Waals surface area contributed by atoms with Crippen molar-refractivity contribution < 1.29 is 8.78 Å². The predicted octanol–water partition coefficient (Wildman–Crippen LogP) is 4.28. The van der Waals surface area contributed by atoms with Crippen LogP contribution in [0.1, 0.15) is 5.56 Å². The molecule has 0 fully saturated rings. The van der Waals surface area contributed by atoms with Gasteiger partial charge in [0.05, 0.1) is 9.50 Å². The van der Waals surface area contributed by atoms with Gasteiger partial charge in [0, 0.05) is 10.9 Å². The Bertz CT molecular complexity index is 289. The quantitative estimate of drug-likeness (QED) is 0.535. The average Bonchev–Trinajstić information content (AvgIpc) is 2.02. The SMILES string of the molecule is Fc1c(Cl)cc(Br)c(F)c1CBr. The van der Waals surface area contributed by atoms with Gasteiger partial charge in [0.15, 0.2) is 0 Å². The molecule has 0 bridgehead atoms. The monoisotopic (exact) mass is 318 g/mol. The summed E-state index contributed by atoms with van der Waals surface area (Å²) in [6.45, 7) is 0. The second kappa shape index (κ2) is 4.03. The summed E-state index contributed by atoms with van der Waals surface area (Å²) in [6, 6.07) is 1.19. The first-order valence-electron chi connectivity index (χ1n) is 2.95. The fourth-order valence-electron chi connectivity index (χ4n) is 0.740. The van der Waals surface area contributed by atoms with E-state index in [2.05, 4.69) is 31.9 Å². The molecule has 0 aliphatic carbocycles. The minimum Gasteiger partial charge on any atom is -0.205 e. The van der Waals surface area contributed by atoms with E-state index in [0.29, 0.717) is 0 Å². The van der Waals surface area contributed by atoms with E-state index >= 15 is 0 Å².